The first-order valence-corrected chi connectivity index (χ1v) is 6.69. The molecule has 0 atom stereocenters. The van der Waals surface area contributed by atoms with Gasteiger partial charge >= 0.3 is 0 Å². The predicted molar refractivity (Wildman–Crippen MR) is 78.4 cm³/mol. The van der Waals surface area contributed by atoms with Gasteiger partial charge in [0, 0.05) is 17.1 Å². The summed E-state index contributed by atoms with van der Waals surface area (Å²) in [5.41, 5.74) is 2.54. The van der Waals surface area contributed by atoms with Gasteiger partial charge in [-0.25, -0.2) is 0 Å². The SMILES string of the molecule is CC(C)NC(=O)c1cc(C(C)C)nc2ccccc12. The Morgan fingerprint density at radius 1 is 1.16 bits per heavy atom. The summed E-state index contributed by atoms with van der Waals surface area (Å²) in [5, 5.41) is 3.86. The molecule has 0 fully saturated rings. The van der Waals surface area contributed by atoms with E-state index in [-0.39, 0.29) is 11.9 Å². The molecule has 0 unspecified atom stereocenters. The van der Waals surface area contributed by atoms with E-state index >= 15 is 0 Å². The molecule has 3 heteroatoms. The highest BCUT2D eigenvalue weighted by Gasteiger charge is 2.14. The minimum Gasteiger partial charge on any atom is -0.350 e. The number of carbonyl (C=O) groups is 1. The highest BCUT2D eigenvalue weighted by Crippen LogP contribution is 2.22. The van der Waals surface area contributed by atoms with Crippen LogP contribution in [0, 0.1) is 0 Å². The quantitative estimate of drug-likeness (QED) is 0.913. The second kappa shape index (κ2) is 5.39. The molecule has 0 radical (unpaired) electrons. The third-order valence-corrected chi connectivity index (χ3v) is 2.99. The van der Waals surface area contributed by atoms with Crippen LogP contribution in [0.4, 0.5) is 0 Å². The van der Waals surface area contributed by atoms with Crippen molar-refractivity contribution < 1.29 is 4.79 Å². The molecule has 0 aliphatic carbocycles. The van der Waals surface area contributed by atoms with E-state index in [0.29, 0.717) is 11.5 Å². The number of benzene rings is 1. The number of carbonyl (C=O) groups excluding carboxylic acids is 1. The summed E-state index contributed by atoms with van der Waals surface area (Å²) in [6.07, 6.45) is 0. The fraction of sp³-hybridized carbons (Fsp3) is 0.375. The lowest BCUT2D eigenvalue weighted by molar-refractivity contribution is 0.0944. The molecule has 19 heavy (non-hydrogen) atoms. The van der Waals surface area contributed by atoms with Gasteiger partial charge in [-0.1, -0.05) is 32.0 Å². The van der Waals surface area contributed by atoms with Crippen LogP contribution in [-0.4, -0.2) is 16.9 Å². The number of fused-ring (bicyclic) bond motifs is 1. The van der Waals surface area contributed by atoms with Gasteiger partial charge in [-0.2, -0.15) is 0 Å². The van der Waals surface area contributed by atoms with Crippen molar-refractivity contribution in [3.63, 3.8) is 0 Å². The molecule has 0 aliphatic heterocycles. The highest BCUT2D eigenvalue weighted by atomic mass is 16.1. The van der Waals surface area contributed by atoms with Gasteiger partial charge in [-0.15, -0.1) is 0 Å². The molecule has 1 amide bonds. The van der Waals surface area contributed by atoms with Gasteiger partial charge in [0.05, 0.1) is 11.1 Å². The summed E-state index contributed by atoms with van der Waals surface area (Å²) in [4.78, 5) is 16.9. The van der Waals surface area contributed by atoms with Crippen LogP contribution in [0.25, 0.3) is 10.9 Å². The smallest absolute Gasteiger partial charge is 0.252 e. The molecule has 2 rings (SSSR count). The average Bonchev–Trinajstić information content (AvgIpc) is 2.36. The van der Waals surface area contributed by atoms with Crippen LogP contribution in [0.15, 0.2) is 30.3 Å². The number of amides is 1. The minimum absolute atomic E-state index is 0.0319. The van der Waals surface area contributed by atoms with Crippen molar-refractivity contribution in [2.75, 3.05) is 0 Å². The zero-order chi connectivity index (χ0) is 14.0. The molecular formula is C16H20N2O. The molecular weight excluding hydrogens is 236 g/mol. The fourth-order valence-electron chi connectivity index (χ4n) is 2.02. The maximum absolute atomic E-state index is 12.3. The van der Waals surface area contributed by atoms with Crippen molar-refractivity contribution >= 4 is 16.8 Å². The highest BCUT2D eigenvalue weighted by molar-refractivity contribution is 6.06. The summed E-state index contributed by atoms with van der Waals surface area (Å²) in [6, 6.07) is 9.82. The Bertz CT molecular complexity index is 603. The molecule has 0 saturated carbocycles. The topological polar surface area (TPSA) is 42.0 Å². The van der Waals surface area contributed by atoms with Crippen LogP contribution in [0.5, 0.6) is 0 Å². The Balaban J connectivity index is 2.59. The molecule has 0 aliphatic rings. The van der Waals surface area contributed by atoms with Gasteiger partial charge in [0.25, 0.3) is 5.91 Å². The Hall–Kier alpha value is -1.90. The van der Waals surface area contributed by atoms with Crippen molar-refractivity contribution in [2.45, 2.75) is 39.7 Å². The van der Waals surface area contributed by atoms with Gasteiger partial charge < -0.3 is 5.32 Å². The monoisotopic (exact) mass is 256 g/mol. The fourth-order valence-corrected chi connectivity index (χ4v) is 2.02. The molecule has 1 aromatic carbocycles. The second-order valence-corrected chi connectivity index (χ2v) is 5.39. The van der Waals surface area contributed by atoms with Gasteiger partial charge in [0.1, 0.15) is 0 Å². The largest absolute Gasteiger partial charge is 0.350 e. The van der Waals surface area contributed by atoms with Gasteiger partial charge in [0.15, 0.2) is 0 Å². The number of rotatable bonds is 3. The predicted octanol–water partition coefficient (Wildman–Crippen LogP) is 3.50. The Kier molecular flexibility index (Phi) is 3.84. The second-order valence-electron chi connectivity index (χ2n) is 5.39. The lowest BCUT2D eigenvalue weighted by Crippen LogP contribution is -2.30. The lowest BCUT2D eigenvalue weighted by Gasteiger charge is -2.13. The molecule has 100 valence electrons. The molecule has 0 bridgehead atoms. The van der Waals surface area contributed by atoms with Crippen LogP contribution in [0.1, 0.15) is 49.7 Å². The van der Waals surface area contributed by atoms with Crippen LogP contribution in [0.2, 0.25) is 0 Å². The van der Waals surface area contributed by atoms with Crippen molar-refractivity contribution in [2.24, 2.45) is 0 Å². The van der Waals surface area contributed by atoms with Crippen molar-refractivity contribution in [1.82, 2.24) is 10.3 Å². The summed E-state index contributed by atoms with van der Waals surface area (Å²) >= 11 is 0. The third-order valence-electron chi connectivity index (χ3n) is 2.99. The van der Waals surface area contributed by atoms with E-state index in [9.17, 15) is 4.79 Å². The summed E-state index contributed by atoms with van der Waals surface area (Å²) in [7, 11) is 0. The number of hydrogen-bond donors (Lipinski definition) is 1. The number of hydrogen-bond acceptors (Lipinski definition) is 2. The molecule has 3 nitrogen and oxygen atoms in total. The number of para-hydroxylation sites is 1. The Labute approximate surface area is 114 Å². The Morgan fingerprint density at radius 2 is 1.84 bits per heavy atom. The van der Waals surface area contributed by atoms with Gasteiger partial charge in [-0.3, -0.25) is 9.78 Å². The van der Waals surface area contributed by atoms with E-state index < -0.39 is 0 Å². The zero-order valence-electron chi connectivity index (χ0n) is 11.9. The van der Waals surface area contributed by atoms with Gasteiger partial charge in [0.2, 0.25) is 0 Å². The number of nitrogens with one attached hydrogen (secondary N) is 1. The van der Waals surface area contributed by atoms with Crippen LogP contribution in [-0.2, 0) is 0 Å². The van der Waals surface area contributed by atoms with Gasteiger partial charge in [-0.05, 0) is 31.9 Å². The first kappa shape index (κ1) is 13.5. The molecule has 2 aromatic rings. The van der Waals surface area contributed by atoms with Crippen LogP contribution < -0.4 is 5.32 Å². The van der Waals surface area contributed by atoms with Crippen molar-refractivity contribution in [3.8, 4) is 0 Å². The standard InChI is InChI=1S/C16H20N2O/c1-10(2)15-9-13(16(19)17-11(3)4)12-7-5-6-8-14(12)18-15/h5-11H,1-4H3,(H,17,19). The molecule has 1 heterocycles. The molecule has 1 N–H and O–H groups in total. The summed E-state index contributed by atoms with van der Waals surface area (Å²) in [6.45, 7) is 8.09. The van der Waals surface area contributed by atoms with E-state index in [1.54, 1.807) is 0 Å². The van der Waals surface area contributed by atoms with E-state index in [4.69, 9.17) is 0 Å². The maximum Gasteiger partial charge on any atom is 0.252 e. The number of aromatic nitrogens is 1. The van der Waals surface area contributed by atoms with Crippen LogP contribution >= 0.6 is 0 Å². The number of pyridine rings is 1. The molecule has 1 aromatic heterocycles. The summed E-state index contributed by atoms with van der Waals surface area (Å²) < 4.78 is 0. The van der Waals surface area contributed by atoms with E-state index in [0.717, 1.165) is 16.6 Å². The molecule has 0 spiro atoms. The zero-order valence-corrected chi connectivity index (χ0v) is 11.9. The minimum atomic E-state index is -0.0319. The van der Waals surface area contributed by atoms with E-state index in [1.165, 1.54) is 0 Å². The van der Waals surface area contributed by atoms with E-state index in [2.05, 4.69) is 24.1 Å². The van der Waals surface area contributed by atoms with Crippen LogP contribution in [0.3, 0.4) is 0 Å². The normalized spacial score (nSPS) is 11.3. The average molecular weight is 256 g/mol. The third kappa shape index (κ3) is 2.92. The first-order valence-electron chi connectivity index (χ1n) is 6.69. The summed E-state index contributed by atoms with van der Waals surface area (Å²) in [5.74, 6) is 0.269. The van der Waals surface area contributed by atoms with Crippen molar-refractivity contribution in [1.29, 1.82) is 0 Å². The maximum atomic E-state index is 12.3. The molecule has 0 saturated heterocycles. The number of nitrogens with zero attached hydrogens (tertiary/aromatic N) is 1. The van der Waals surface area contributed by atoms with E-state index in [1.807, 2.05) is 44.2 Å². The Morgan fingerprint density at radius 3 is 2.47 bits per heavy atom. The van der Waals surface area contributed by atoms with Crippen molar-refractivity contribution in [3.05, 3.63) is 41.6 Å². The first-order chi connectivity index (χ1) is 8.99. The lowest BCUT2D eigenvalue weighted by atomic mass is 10.0.